The van der Waals surface area contributed by atoms with Gasteiger partial charge in [0.15, 0.2) is 5.82 Å². The fourth-order valence-electron chi connectivity index (χ4n) is 2.37. The van der Waals surface area contributed by atoms with Crippen molar-refractivity contribution in [3.63, 3.8) is 0 Å². The van der Waals surface area contributed by atoms with Crippen molar-refractivity contribution in [1.82, 2.24) is 24.6 Å². The van der Waals surface area contributed by atoms with Gasteiger partial charge in [-0.25, -0.2) is 9.48 Å². The standard InChI is InChI=1S/C17H16IN5O2/c1-22-15(14-8-4-5-9-19-14)21-23(17(22)25)11-10-20-16(24)12-6-2-3-7-13(12)18/h2-9H,10-11H2,1H3,(H,20,24). The first-order valence-corrected chi connectivity index (χ1v) is 8.74. The molecule has 7 nitrogen and oxygen atoms in total. The molecule has 0 unspecified atom stereocenters. The molecule has 0 radical (unpaired) electrons. The number of rotatable bonds is 5. The zero-order valence-electron chi connectivity index (χ0n) is 13.5. The minimum absolute atomic E-state index is 0.168. The summed E-state index contributed by atoms with van der Waals surface area (Å²) in [5.74, 6) is 0.327. The van der Waals surface area contributed by atoms with Crippen molar-refractivity contribution in [2.45, 2.75) is 6.54 Å². The lowest BCUT2D eigenvalue weighted by atomic mass is 10.2. The summed E-state index contributed by atoms with van der Waals surface area (Å²) in [4.78, 5) is 28.7. The van der Waals surface area contributed by atoms with Crippen LogP contribution in [0.25, 0.3) is 11.5 Å². The molecule has 0 bridgehead atoms. The molecule has 25 heavy (non-hydrogen) atoms. The predicted molar refractivity (Wildman–Crippen MR) is 102 cm³/mol. The molecule has 0 aliphatic heterocycles. The molecule has 2 heterocycles. The SMILES string of the molecule is Cn1c(-c2ccccn2)nn(CCNC(=O)c2ccccc2I)c1=O. The fraction of sp³-hybridized carbons (Fsp3) is 0.176. The molecule has 8 heteroatoms. The van der Waals surface area contributed by atoms with Gasteiger partial charge in [0.25, 0.3) is 5.91 Å². The van der Waals surface area contributed by atoms with Crippen LogP contribution in [0.3, 0.4) is 0 Å². The molecule has 0 fully saturated rings. The van der Waals surface area contributed by atoms with Gasteiger partial charge in [-0.2, -0.15) is 0 Å². The van der Waals surface area contributed by atoms with Crippen LogP contribution in [0.5, 0.6) is 0 Å². The summed E-state index contributed by atoms with van der Waals surface area (Å²) in [5.41, 5.74) is 0.999. The normalized spacial score (nSPS) is 10.6. The Bertz CT molecular complexity index is 949. The molecule has 128 valence electrons. The van der Waals surface area contributed by atoms with Gasteiger partial charge in [-0.15, -0.1) is 5.10 Å². The van der Waals surface area contributed by atoms with Crippen LogP contribution in [0.4, 0.5) is 0 Å². The molecule has 2 aromatic heterocycles. The highest BCUT2D eigenvalue weighted by atomic mass is 127. The van der Waals surface area contributed by atoms with E-state index in [2.05, 4.69) is 38.0 Å². The van der Waals surface area contributed by atoms with E-state index in [1.807, 2.05) is 24.3 Å². The van der Waals surface area contributed by atoms with Gasteiger partial charge in [0.05, 0.1) is 12.1 Å². The number of aromatic nitrogens is 4. The first-order chi connectivity index (χ1) is 12.1. The molecular weight excluding hydrogens is 433 g/mol. The van der Waals surface area contributed by atoms with E-state index in [4.69, 9.17) is 0 Å². The van der Waals surface area contributed by atoms with Crippen LogP contribution in [0.1, 0.15) is 10.4 Å². The van der Waals surface area contributed by atoms with Gasteiger partial charge in [-0.05, 0) is 46.9 Å². The molecule has 1 N–H and O–H groups in total. The smallest absolute Gasteiger partial charge is 0.346 e. The molecule has 3 rings (SSSR count). The lowest BCUT2D eigenvalue weighted by Crippen LogP contribution is -2.32. The second-order valence-corrected chi connectivity index (χ2v) is 6.50. The highest BCUT2D eigenvalue weighted by molar-refractivity contribution is 14.1. The number of amides is 1. The summed E-state index contributed by atoms with van der Waals surface area (Å²) in [7, 11) is 1.65. The predicted octanol–water partition coefficient (Wildman–Crippen LogP) is 1.68. The molecule has 1 amide bonds. The van der Waals surface area contributed by atoms with Crippen molar-refractivity contribution in [3.05, 3.63) is 68.3 Å². The minimum atomic E-state index is -0.246. The monoisotopic (exact) mass is 449 g/mol. The van der Waals surface area contributed by atoms with E-state index in [1.165, 1.54) is 9.25 Å². The van der Waals surface area contributed by atoms with Crippen molar-refractivity contribution >= 4 is 28.5 Å². The minimum Gasteiger partial charge on any atom is -0.350 e. The lowest BCUT2D eigenvalue weighted by molar-refractivity contribution is 0.0951. The summed E-state index contributed by atoms with van der Waals surface area (Å²) < 4.78 is 3.66. The third-order valence-corrected chi connectivity index (χ3v) is 4.60. The average Bonchev–Trinajstić information content (AvgIpc) is 2.91. The Balaban J connectivity index is 1.69. The Kier molecular flexibility index (Phi) is 5.27. The van der Waals surface area contributed by atoms with E-state index in [-0.39, 0.29) is 18.1 Å². The third kappa shape index (κ3) is 3.78. The van der Waals surface area contributed by atoms with Gasteiger partial charge >= 0.3 is 5.69 Å². The summed E-state index contributed by atoms with van der Waals surface area (Å²) in [6.07, 6.45) is 1.65. The van der Waals surface area contributed by atoms with E-state index in [0.717, 1.165) is 3.57 Å². The molecule has 0 saturated carbocycles. The van der Waals surface area contributed by atoms with Crippen molar-refractivity contribution < 1.29 is 4.79 Å². The zero-order valence-corrected chi connectivity index (χ0v) is 15.7. The maximum absolute atomic E-state index is 12.3. The van der Waals surface area contributed by atoms with Crippen molar-refractivity contribution in [2.24, 2.45) is 7.05 Å². The van der Waals surface area contributed by atoms with Gasteiger partial charge in [-0.3, -0.25) is 14.3 Å². The maximum Gasteiger partial charge on any atom is 0.346 e. The van der Waals surface area contributed by atoms with Crippen LogP contribution >= 0.6 is 22.6 Å². The molecule has 0 aliphatic rings. The van der Waals surface area contributed by atoms with E-state index in [0.29, 0.717) is 23.6 Å². The average molecular weight is 449 g/mol. The van der Waals surface area contributed by atoms with Crippen LogP contribution in [0, 0.1) is 3.57 Å². The number of halogens is 1. The highest BCUT2D eigenvalue weighted by Gasteiger charge is 2.13. The largest absolute Gasteiger partial charge is 0.350 e. The van der Waals surface area contributed by atoms with Crippen molar-refractivity contribution in [3.8, 4) is 11.5 Å². The summed E-state index contributed by atoms with van der Waals surface area (Å²) in [6, 6.07) is 12.8. The Labute approximate surface area is 157 Å². The molecule has 1 aromatic carbocycles. The lowest BCUT2D eigenvalue weighted by Gasteiger charge is -2.06. The second-order valence-electron chi connectivity index (χ2n) is 5.34. The number of carbonyl (C=O) groups excluding carboxylic acids is 1. The van der Waals surface area contributed by atoms with E-state index >= 15 is 0 Å². The Morgan fingerprint density at radius 1 is 1.20 bits per heavy atom. The van der Waals surface area contributed by atoms with Crippen LogP contribution < -0.4 is 11.0 Å². The molecule has 0 aliphatic carbocycles. The van der Waals surface area contributed by atoms with Gasteiger partial charge in [0.1, 0.15) is 5.69 Å². The molecule has 0 spiro atoms. The van der Waals surface area contributed by atoms with Crippen LogP contribution in [0.15, 0.2) is 53.5 Å². The first-order valence-electron chi connectivity index (χ1n) is 7.66. The number of nitrogens with zero attached hydrogens (tertiary/aromatic N) is 4. The quantitative estimate of drug-likeness (QED) is 0.602. The topological polar surface area (TPSA) is 81.8 Å². The van der Waals surface area contributed by atoms with Gasteiger partial charge in [0, 0.05) is 23.4 Å². The second kappa shape index (κ2) is 7.60. The molecule has 3 aromatic rings. The van der Waals surface area contributed by atoms with E-state index in [9.17, 15) is 9.59 Å². The number of pyridine rings is 1. The van der Waals surface area contributed by atoms with E-state index in [1.54, 1.807) is 31.4 Å². The summed E-state index contributed by atoms with van der Waals surface area (Å²) >= 11 is 2.12. The number of carbonyl (C=O) groups is 1. The molecule has 0 saturated heterocycles. The Morgan fingerprint density at radius 2 is 1.96 bits per heavy atom. The fourth-order valence-corrected chi connectivity index (χ4v) is 3.00. The molecule has 0 atom stereocenters. The third-order valence-electron chi connectivity index (χ3n) is 3.66. The van der Waals surface area contributed by atoms with Crippen LogP contribution in [-0.2, 0) is 13.6 Å². The number of hydrogen-bond acceptors (Lipinski definition) is 4. The highest BCUT2D eigenvalue weighted by Crippen LogP contribution is 2.11. The van der Waals surface area contributed by atoms with Gasteiger partial charge < -0.3 is 5.32 Å². The van der Waals surface area contributed by atoms with Crippen LogP contribution in [0.2, 0.25) is 0 Å². The Morgan fingerprint density at radius 3 is 2.68 bits per heavy atom. The molecular formula is C17H16IN5O2. The number of hydrogen-bond donors (Lipinski definition) is 1. The van der Waals surface area contributed by atoms with Gasteiger partial charge in [0.2, 0.25) is 0 Å². The van der Waals surface area contributed by atoms with Gasteiger partial charge in [-0.1, -0.05) is 18.2 Å². The first kappa shape index (κ1) is 17.3. The van der Waals surface area contributed by atoms with E-state index < -0.39 is 0 Å². The van der Waals surface area contributed by atoms with Crippen molar-refractivity contribution in [1.29, 1.82) is 0 Å². The Hall–Kier alpha value is -2.49. The maximum atomic E-state index is 12.3. The number of nitrogens with one attached hydrogen (secondary N) is 1. The van der Waals surface area contributed by atoms with Crippen LogP contribution in [-0.4, -0.2) is 31.8 Å². The van der Waals surface area contributed by atoms with Crippen molar-refractivity contribution in [2.75, 3.05) is 6.54 Å². The summed E-state index contributed by atoms with van der Waals surface area (Å²) in [6.45, 7) is 0.594. The zero-order chi connectivity index (χ0) is 17.8. The summed E-state index contributed by atoms with van der Waals surface area (Å²) in [5, 5.41) is 7.13. The number of benzene rings is 1.